The molecule has 0 aliphatic carbocycles. The van der Waals surface area contributed by atoms with Crippen molar-refractivity contribution in [2.75, 3.05) is 0 Å². The number of aryl methyl sites for hydroxylation is 1. The van der Waals surface area contributed by atoms with Crippen LogP contribution in [0.5, 0.6) is 0 Å². The van der Waals surface area contributed by atoms with Gasteiger partial charge < -0.3 is 0 Å². The quantitative estimate of drug-likeness (QED) is 0.430. The zero-order valence-electron chi connectivity index (χ0n) is 13.1. The highest BCUT2D eigenvalue weighted by Gasteiger charge is 2.24. The minimum atomic E-state index is -0.540. The molecule has 0 spiro atoms. The van der Waals surface area contributed by atoms with Crippen LogP contribution in [0.15, 0.2) is 48.5 Å². The van der Waals surface area contributed by atoms with Crippen molar-refractivity contribution in [3.05, 3.63) is 70.8 Å². The van der Waals surface area contributed by atoms with Crippen molar-refractivity contribution >= 4 is 21.7 Å². The molecule has 2 aromatic rings. The van der Waals surface area contributed by atoms with E-state index in [2.05, 4.69) is 46.8 Å². The van der Waals surface area contributed by atoms with Crippen molar-refractivity contribution in [2.24, 2.45) is 0 Å². The van der Waals surface area contributed by atoms with Gasteiger partial charge in [-0.25, -0.2) is 0 Å². The zero-order chi connectivity index (χ0) is 16.2. The third kappa shape index (κ3) is 4.32. The second-order valence-corrected chi connectivity index (χ2v) is 7.66. The van der Waals surface area contributed by atoms with E-state index < -0.39 is 4.32 Å². The van der Waals surface area contributed by atoms with Gasteiger partial charge in [-0.1, -0.05) is 59.0 Å². The molecule has 22 heavy (non-hydrogen) atoms. The highest BCUT2D eigenvalue weighted by atomic mass is 79.9. The second-order valence-electron chi connectivity index (χ2n) is 5.68. The summed E-state index contributed by atoms with van der Waals surface area (Å²) in [5.74, 6) is 6.35. The van der Waals surface area contributed by atoms with Crippen LogP contribution in [0.2, 0.25) is 0 Å². The first-order valence-corrected chi connectivity index (χ1v) is 8.14. The predicted molar refractivity (Wildman–Crippen MR) is 95.6 cm³/mol. The van der Waals surface area contributed by atoms with Crippen molar-refractivity contribution in [3.63, 3.8) is 0 Å². The average molecular weight is 355 g/mol. The van der Waals surface area contributed by atoms with Crippen LogP contribution in [-0.4, -0.2) is 10.1 Å². The lowest BCUT2D eigenvalue weighted by Gasteiger charge is -2.14. The molecule has 112 valence electrons. The van der Waals surface area contributed by atoms with E-state index in [0.717, 1.165) is 17.5 Å². The van der Waals surface area contributed by atoms with Gasteiger partial charge in [0.2, 0.25) is 0 Å². The number of carbonyl (C=O) groups excluding carboxylic acids is 1. The Balaban J connectivity index is 2.15. The minimum Gasteiger partial charge on any atom is -0.293 e. The Labute approximate surface area is 140 Å². The third-order valence-corrected chi connectivity index (χ3v) is 3.76. The molecule has 0 atom stereocenters. The monoisotopic (exact) mass is 354 g/mol. The molecule has 0 fully saturated rings. The molecule has 0 unspecified atom stereocenters. The van der Waals surface area contributed by atoms with Crippen LogP contribution in [-0.2, 0) is 6.42 Å². The molecule has 0 aromatic heterocycles. The molecular weight excluding hydrogens is 336 g/mol. The number of hydrogen-bond acceptors (Lipinski definition) is 1. The first kappa shape index (κ1) is 16.5. The first-order chi connectivity index (χ1) is 10.4. The normalized spacial score (nSPS) is 10.7. The summed E-state index contributed by atoms with van der Waals surface area (Å²) in [7, 11) is 0. The Morgan fingerprint density at radius 2 is 1.41 bits per heavy atom. The van der Waals surface area contributed by atoms with Gasteiger partial charge >= 0.3 is 0 Å². The Morgan fingerprint density at radius 1 is 0.955 bits per heavy atom. The van der Waals surface area contributed by atoms with Gasteiger partial charge in [0.05, 0.1) is 4.32 Å². The number of ketones is 1. The lowest BCUT2D eigenvalue weighted by atomic mass is 10.00. The van der Waals surface area contributed by atoms with Crippen LogP contribution < -0.4 is 0 Å². The maximum atomic E-state index is 12.1. The lowest BCUT2D eigenvalue weighted by molar-refractivity contribution is 0.0961. The highest BCUT2D eigenvalue weighted by Crippen LogP contribution is 2.22. The summed E-state index contributed by atoms with van der Waals surface area (Å²) in [5, 5.41) is 0. The molecule has 0 radical (unpaired) electrons. The fourth-order valence-corrected chi connectivity index (χ4v) is 2.25. The first-order valence-electron chi connectivity index (χ1n) is 7.35. The summed E-state index contributed by atoms with van der Waals surface area (Å²) < 4.78 is -0.540. The van der Waals surface area contributed by atoms with Crippen molar-refractivity contribution in [1.29, 1.82) is 0 Å². The van der Waals surface area contributed by atoms with Crippen molar-refractivity contribution in [1.82, 2.24) is 0 Å². The van der Waals surface area contributed by atoms with Crippen LogP contribution in [0.4, 0.5) is 0 Å². The van der Waals surface area contributed by atoms with E-state index in [-0.39, 0.29) is 5.78 Å². The zero-order valence-corrected chi connectivity index (χ0v) is 14.7. The van der Waals surface area contributed by atoms with Crippen LogP contribution in [0.1, 0.15) is 47.8 Å². The molecule has 2 aromatic carbocycles. The summed E-state index contributed by atoms with van der Waals surface area (Å²) in [6.07, 6.45) is 1.03. The summed E-state index contributed by atoms with van der Waals surface area (Å²) >= 11 is 3.39. The van der Waals surface area contributed by atoms with Crippen LogP contribution in [0.3, 0.4) is 0 Å². The Kier molecular flexibility index (Phi) is 5.21. The number of alkyl halides is 1. The molecule has 0 amide bonds. The molecule has 0 aliphatic rings. The van der Waals surface area contributed by atoms with Crippen molar-refractivity contribution < 1.29 is 4.79 Å². The van der Waals surface area contributed by atoms with E-state index in [1.807, 2.05) is 50.2 Å². The average Bonchev–Trinajstić information content (AvgIpc) is 2.52. The molecule has 2 heteroatoms. The van der Waals surface area contributed by atoms with E-state index in [1.165, 1.54) is 5.56 Å². The van der Waals surface area contributed by atoms with Gasteiger partial charge in [-0.3, -0.25) is 4.79 Å². The minimum absolute atomic E-state index is 0.0714. The second kappa shape index (κ2) is 6.94. The molecule has 0 saturated heterocycles. The number of benzene rings is 2. The summed E-state index contributed by atoms with van der Waals surface area (Å²) in [4.78, 5) is 12.1. The maximum absolute atomic E-state index is 12.1. The Bertz CT molecular complexity index is 708. The van der Waals surface area contributed by atoms with Crippen LogP contribution >= 0.6 is 15.9 Å². The Morgan fingerprint density at radius 3 is 1.82 bits per heavy atom. The summed E-state index contributed by atoms with van der Waals surface area (Å²) in [5.41, 5.74) is 3.91. The van der Waals surface area contributed by atoms with Crippen LogP contribution in [0.25, 0.3) is 0 Å². The van der Waals surface area contributed by atoms with Gasteiger partial charge in [-0.05, 0) is 50.1 Å². The number of halogens is 1. The van der Waals surface area contributed by atoms with Gasteiger partial charge in [-0.2, -0.15) is 0 Å². The molecular formula is C20H19BrO. The van der Waals surface area contributed by atoms with Gasteiger partial charge in [0.15, 0.2) is 5.78 Å². The predicted octanol–water partition coefficient (Wildman–Crippen LogP) is 5.01. The SMILES string of the molecule is CCc1ccc(C#Cc2ccc(C(=O)C(C)(C)Br)cc2)cc1. The molecule has 0 saturated carbocycles. The van der Waals surface area contributed by atoms with Gasteiger partial charge in [0.25, 0.3) is 0 Å². The molecule has 0 aliphatic heterocycles. The number of carbonyl (C=O) groups is 1. The molecule has 1 nitrogen and oxygen atoms in total. The third-order valence-electron chi connectivity index (χ3n) is 3.40. The van der Waals surface area contributed by atoms with Gasteiger partial charge in [-0.15, -0.1) is 0 Å². The fraction of sp³-hybridized carbons (Fsp3) is 0.250. The standard InChI is InChI=1S/C20H19BrO/c1-4-15-5-7-16(8-6-15)9-10-17-11-13-18(14-12-17)19(22)20(2,3)21/h5-8,11-14H,4H2,1-3H3. The highest BCUT2D eigenvalue weighted by molar-refractivity contribution is 9.10. The molecule has 0 bridgehead atoms. The molecule has 0 heterocycles. The van der Waals surface area contributed by atoms with E-state index in [1.54, 1.807) is 0 Å². The molecule has 0 N–H and O–H groups in total. The fourth-order valence-electron chi connectivity index (χ4n) is 2.02. The van der Waals surface area contributed by atoms with E-state index in [9.17, 15) is 4.79 Å². The van der Waals surface area contributed by atoms with Gasteiger partial charge in [0.1, 0.15) is 0 Å². The topological polar surface area (TPSA) is 17.1 Å². The van der Waals surface area contributed by atoms with Gasteiger partial charge in [0, 0.05) is 16.7 Å². The molecule has 2 rings (SSSR count). The van der Waals surface area contributed by atoms with E-state index in [4.69, 9.17) is 0 Å². The smallest absolute Gasteiger partial charge is 0.178 e. The number of hydrogen-bond donors (Lipinski definition) is 0. The lowest BCUT2D eigenvalue weighted by Crippen LogP contribution is -2.23. The summed E-state index contributed by atoms with van der Waals surface area (Å²) in [6.45, 7) is 5.84. The largest absolute Gasteiger partial charge is 0.293 e. The van der Waals surface area contributed by atoms with Crippen molar-refractivity contribution in [3.8, 4) is 11.8 Å². The number of Topliss-reactive ketones (excluding diaryl/α,β-unsaturated/α-hetero) is 1. The van der Waals surface area contributed by atoms with Crippen molar-refractivity contribution in [2.45, 2.75) is 31.5 Å². The number of rotatable bonds is 3. The van der Waals surface area contributed by atoms with Crippen LogP contribution in [0, 0.1) is 11.8 Å². The Hall–Kier alpha value is -1.85. The maximum Gasteiger partial charge on any atom is 0.178 e. The summed E-state index contributed by atoms with van der Waals surface area (Å²) in [6, 6.07) is 15.7. The van der Waals surface area contributed by atoms with E-state index in [0.29, 0.717) is 5.56 Å². The van der Waals surface area contributed by atoms with E-state index >= 15 is 0 Å².